The zero-order chi connectivity index (χ0) is 19.4. The second kappa shape index (κ2) is 8.18. The number of carbonyl (C=O) groups excluding carboxylic acids is 1. The smallest absolute Gasteiger partial charge is 0.258 e. The summed E-state index contributed by atoms with van der Waals surface area (Å²) in [6.45, 7) is 4.60. The quantitative estimate of drug-likeness (QED) is 0.680. The number of likely N-dealkylation sites (N-methyl/N-ethyl adjacent to an activating group) is 1. The van der Waals surface area contributed by atoms with Gasteiger partial charge in [-0.15, -0.1) is 0 Å². The van der Waals surface area contributed by atoms with Gasteiger partial charge in [0, 0.05) is 17.6 Å². The first kappa shape index (κ1) is 18.9. The molecule has 5 nitrogen and oxygen atoms in total. The Morgan fingerprint density at radius 2 is 2.07 bits per heavy atom. The van der Waals surface area contributed by atoms with E-state index in [9.17, 15) is 9.59 Å². The van der Waals surface area contributed by atoms with Crippen LogP contribution < -0.4 is 5.56 Å². The molecule has 0 unspecified atom stereocenters. The molecule has 0 fully saturated rings. The Hall–Kier alpha value is -2.92. The van der Waals surface area contributed by atoms with Gasteiger partial charge < -0.3 is 9.88 Å². The first-order valence-electron chi connectivity index (χ1n) is 8.68. The van der Waals surface area contributed by atoms with Crippen LogP contribution >= 0.6 is 11.6 Å². The lowest BCUT2D eigenvalue weighted by molar-refractivity contribution is -0.126. The summed E-state index contributed by atoms with van der Waals surface area (Å²) in [7, 11) is 0. The molecule has 3 aromatic rings. The van der Waals surface area contributed by atoms with E-state index in [1.807, 2.05) is 38.1 Å². The lowest BCUT2D eigenvalue weighted by Crippen LogP contribution is -2.30. The van der Waals surface area contributed by atoms with Gasteiger partial charge in [0.1, 0.15) is 5.82 Å². The molecule has 0 saturated heterocycles. The van der Waals surface area contributed by atoms with E-state index in [0.29, 0.717) is 28.3 Å². The van der Waals surface area contributed by atoms with Crippen molar-refractivity contribution in [1.82, 2.24) is 14.9 Å². The van der Waals surface area contributed by atoms with E-state index in [2.05, 4.69) is 9.97 Å². The van der Waals surface area contributed by atoms with Crippen molar-refractivity contribution < 1.29 is 4.79 Å². The topological polar surface area (TPSA) is 66.1 Å². The molecular weight excluding hydrogens is 362 g/mol. The summed E-state index contributed by atoms with van der Waals surface area (Å²) in [4.78, 5) is 33.6. The maximum Gasteiger partial charge on any atom is 0.258 e. The van der Waals surface area contributed by atoms with Gasteiger partial charge in [0.2, 0.25) is 5.91 Å². The number of hydrogen-bond donors (Lipinski definition) is 1. The number of fused-ring (bicyclic) bond motifs is 1. The molecule has 1 amide bonds. The van der Waals surface area contributed by atoms with Crippen molar-refractivity contribution in [2.75, 3.05) is 6.54 Å². The molecule has 2 aromatic carbocycles. The van der Waals surface area contributed by atoms with Gasteiger partial charge >= 0.3 is 0 Å². The summed E-state index contributed by atoms with van der Waals surface area (Å²) >= 11 is 5.99. The Morgan fingerprint density at radius 3 is 2.81 bits per heavy atom. The van der Waals surface area contributed by atoms with E-state index in [1.165, 1.54) is 6.08 Å². The van der Waals surface area contributed by atoms with Crippen molar-refractivity contribution in [3.8, 4) is 0 Å². The van der Waals surface area contributed by atoms with E-state index in [4.69, 9.17) is 11.6 Å². The number of rotatable bonds is 5. The summed E-state index contributed by atoms with van der Waals surface area (Å²) in [5.41, 5.74) is 2.37. The third-order valence-electron chi connectivity index (χ3n) is 4.21. The number of benzene rings is 2. The molecule has 1 heterocycles. The highest BCUT2D eigenvalue weighted by atomic mass is 35.5. The third kappa shape index (κ3) is 4.63. The molecule has 27 heavy (non-hydrogen) atoms. The predicted molar refractivity (Wildman–Crippen MR) is 109 cm³/mol. The first-order valence-corrected chi connectivity index (χ1v) is 9.06. The summed E-state index contributed by atoms with van der Waals surface area (Å²) in [6, 6.07) is 12.8. The fraction of sp³-hybridized carbons (Fsp3) is 0.190. The van der Waals surface area contributed by atoms with Crippen LogP contribution in [0.25, 0.3) is 17.0 Å². The van der Waals surface area contributed by atoms with Gasteiger partial charge in [-0.3, -0.25) is 9.59 Å². The zero-order valence-corrected chi connectivity index (χ0v) is 16.0. The molecule has 6 heteroatoms. The highest BCUT2D eigenvalue weighted by molar-refractivity contribution is 6.31. The third-order valence-corrected chi connectivity index (χ3v) is 4.45. The van der Waals surface area contributed by atoms with Crippen molar-refractivity contribution in [2.45, 2.75) is 20.4 Å². The molecule has 1 aromatic heterocycles. The number of amides is 1. The fourth-order valence-electron chi connectivity index (χ4n) is 2.81. The molecule has 0 spiro atoms. The van der Waals surface area contributed by atoms with Gasteiger partial charge in [0.15, 0.2) is 0 Å². The Balaban J connectivity index is 1.81. The molecule has 0 bridgehead atoms. The van der Waals surface area contributed by atoms with Crippen molar-refractivity contribution in [2.24, 2.45) is 0 Å². The monoisotopic (exact) mass is 381 g/mol. The zero-order valence-electron chi connectivity index (χ0n) is 15.2. The Bertz CT molecular complexity index is 1070. The van der Waals surface area contributed by atoms with Crippen LogP contribution in [0.2, 0.25) is 5.02 Å². The molecule has 138 valence electrons. The number of aromatic nitrogens is 2. The maximum atomic E-state index is 12.5. The number of halogens is 1. The number of nitrogens with one attached hydrogen (secondary N) is 1. The number of hydrogen-bond acceptors (Lipinski definition) is 3. The maximum absolute atomic E-state index is 12.5. The summed E-state index contributed by atoms with van der Waals surface area (Å²) < 4.78 is 0. The molecule has 0 atom stereocenters. The van der Waals surface area contributed by atoms with Gasteiger partial charge in [0.25, 0.3) is 5.56 Å². The van der Waals surface area contributed by atoms with Crippen LogP contribution in [0.4, 0.5) is 0 Å². The van der Waals surface area contributed by atoms with Crippen molar-refractivity contribution in [3.63, 3.8) is 0 Å². The van der Waals surface area contributed by atoms with Gasteiger partial charge in [0.05, 0.1) is 17.4 Å². The van der Waals surface area contributed by atoms with Crippen LogP contribution in [0.15, 0.2) is 53.3 Å². The molecule has 3 rings (SSSR count). The number of carbonyl (C=O) groups is 1. The highest BCUT2D eigenvalue weighted by Crippen LogP contribution is 2.15. The van der Waals surface area contributed by atoms with Crippen molar-refractivity contribution in [1.29, 1.82) is 0 Å². The van der Waals surface area contributed by atoms with E-state index in [0.717, 1.165) is 11.1 Å². The summed E-state index contributed by atoms with van der Waals surface area (Å²) in [5, 5.41) is 0.980. The second-order valence-electron chi connectivity index (χ2n) is 6.27. The second-order valence-corrected chi connectivity index (χ2v) is 6.71. The van der Waals surface area contributed by atoms with Crippen LogP contribution in [0, 0.1) is 6.92 Å². The number of aryl methyl sites for hydroxylation is 1. The molecule has 0 aliphatic carbocycles. The standard InChI is InChI=1S/C21H20ClN3O2/c1-3-25(20(26)10-7-15-6-4-5-14(2)11-15)13-19-23-18-12-16(22)8-9-17(18)21(27)24-19/h4-12H,3,13H2,1-2H3,(H,23,24,27). The Morgan fingerprint density at radius 1 is 1.26 bits per heavy atom. The van der Waals surface area contributed by atoms with Crippen LogP contribution in [-0.2, 0) is 11.3 Å². The van der Waals surface area contributed by atoms with Gasteiger partial charge in [-0.2, -0.15) is 0 Å². The Kier molecular flexibility index (Phi) is 5.72. The molecule has 0 saturated carbocycles. The molecule has 0 radical (unpaired) electrons. The molecule has 0 aliphatic rings. The summed E-state index contributed by atoms with van der Waals surface area (Å²) in [6.07, 6.45) is 3.32. The fourth-order valence-corrected chi connectivity index (χ4v) is 2.98. The van der Waals surface area contributed by atoms with Gasteiger partial charge in [-0.25, -0.2) is 4.98 Å². The van der Waals surface area contributed by atoms with Crippen LogP contribution in [0.1, 0.15) is 23.9 Å². The number of aromatic amines is 1. The van der Waals surface area contributed by atoms with Crippen LogP contribution in [0.5, 0.6) is 0 Å². The predicted octanol–water partition coefficient (Wildman–Crippen LogP) is 3.95. The lowest BCUT2D eigenvalue weighted by atomic mass is 10.1. The van der Waals surface area contributed by atoms with Crippen LogP contribution in [0.3, 0.4) is 0 Å². The minimum atomic E-state index is -0.245. The molecule has 0 aliphatic heterocycles. The average molecular weight is 382 g/mol. The number of nitrogens with zero attached hydrogens (tertiary/aromatic N) is 2. The first-order chi connectivity index (χ1) is 13.0. The van der Waals surface area contributed by atoms with Gasteiger partial charge in [-0.1, -0.05) is 41.4 Å². The minimum absolute atomic E-state index is 0.146. The summed E-state index contributed by atoms with van der Waals surface area (Å²) in [5.74, 6) is 0.279. The highest BCUT2D eigenvalue weighted by Gasteiger charge is 2.12. The number of H-pyrrole nitrogens is 1. The van der Waals surface area contributed by atoms with E-state index >= 15 is 0 Å². The minimum Gasteiger partial charge on any atom is -0.332 e. The largest absolute Gasteiger partial charge is 0.332 e. The molecular formula is C21H20ClN3O2. The van der Waals surface area contributed by atoms with Gasteiger partial charge in [-0.05, 0) is 43.7 Å². The van der Waals surface area contributed by atoms with Crippen LogP contribution in [-0.4, -0.2) is 27.3 Å². The Labute approximate surface area is 162 Å². The molecule has 1 N–H and O–H groups in total. The average Bonchev–Trinajstić information content (AvgIpc) is 2.64. The van der Waals surface area contributed by atoms with E-state index in [-0.39, 0.29) is 18.0 Å². The lowest BCUT2D eigenvalue weighted by Gasteiger charge is -2.18. The van der Waals surface area contributed by atoms with Crippen molar-refractivity contribution >= 4 is 34.5 Å². The SMILES string of the molecule is CCN(Cc1nc2cc(Cl)ccc2c(=O)[nH]1)C(=O)C=Cc1cccc(C)c1. The van der Waals surface area contributed by atoms with Crippen molar-refractivity contribution in [3.05, 3.63) is 80.9 Å². The van der Waals surface area contributed by atoms with E-state index < -0.39 is 0 Å². The normalized spacial score (nSPS) is 11.2. The van der Waals surface area contributed by atoms with E-state index in [1.54, 1.807) is 29.2 Å².